The Kier molecular flexibility index (Phi) is 5.77. The third-order valence-corrected chi connectivity index (χ3v) is 4.97. The minimum absolute atomic E-state index is 0.194. The molecule has 3 heterocycles. The summed E-state index contributed by atoms with van der Waals surface area (Å²) in [7, 11) is 0. The van der Waals surface area contributed by atoms with Crippen molar-refractivity contribution in [1.29, 1.82) is 0 Å². The topological polar surface area (TPSA) is 44.3 Å². The zero-order chi connectivity index (χ0) is 19.2. The van der Waals surface area contributed by atoms with Crippen LogP contribution < -0.4 is 15.1 Å². The molecule has 2 aromatic heterocycles. The van der Waals surface area contributed by atoms with Gasteiger partial charge in [0.2, 0.25) is 0 Å². The number of nitrogens with zero attached hydrogens (tertiary/aromatic N) is 4. The summed E-state index contributed by atoms with van der Waals surface area (Å²) in [5, 5.41) is 3.43. The Morgan fingerprint density at radius 1 is 0.821 bits per heavy atom. The average molecular weight is 377 g/mol. The van der Waals surface area contributed by atoms with Crippen LogP contribution in [-0.4, -0.2) is 36.1 Å². The van der Waals surface area contributed by atoms with E-state index in [-0.39, 0.29) is 5.82 Å². The molecule has 6 heteroatoms. The molecule has 1 fully saturated rings. The van der Waals surface area contributed by atoms with Crippen LogP contribution in [0.5, 0.6) is 0 Å². The molecular weight excluding hydrogens is 353 g/mol. The van der Waals surface area contributed by atoms with Crippen LogP contribution >= 0.6 is 0 Å². The van der Waals surface area contributed by atoms with Gasteiger partial charge in [0.25, 0.3) is 0 Å². The highest BCUT2D eigenvalue weighted by Gasteiger charge is 2.18. The van der Waals surface area contributed by atoms with Gasteiger partial charge in [0.1, 0.15) is 11.6 Å². The van der Waals surface area contributed by atoms with E-state index in [9.17, 15) is 4.39 Å². The summed E-state index contributed by atoms with van der Waals surface area (Å²) >= 11 is 0. The second-order valence-electron chi connectivity index (χ2n) is 6.90. The quantitative estimate of drug-likeness (QED) is 0.715. The lowest BCUT2D eigenvalue weighted by molar-refractivity contribution is 0.624. The second-order valence-corrected chi connectivity index (χ2v) is 6.90. The van der Waals surface area contributed by atoms with Crippen LogP contribution in [0.3, 0.4) is 0 Å². The van der Waals surface area contributed by atoms with Crippen molar-refractivity contribution in [3.8, 4) is 0 Å². The van der Waals surface area contributed by atoms with Gasteiger partial charge in [-0.1, -0.05) is 6.07 Å². The van der Waals surface area contributed by atoms with E-state index in [0.717, 1.165) is 56.5 Å². The first-order valence-corrected chi connectivity index (χ1v) is 9.59. The Morgan fingerprint density at radius 3 is 2.36 bits per heavy atom. The lowest BCUT2D eigenvalue weighted by atomic mass is 10.2. The van der Waals surface area contributed by atoms with Gasteiger partial charge in [0.15, 0.2) is 0 Å². The Balaban J connectivity index is 1.31. The fourth-order valence-electron chi connectivity index (χ4n) is 3.43. The molecule has 3 aromatic rings. The predicted molar refractivity (Wildman–Crippen MR) is 110 cm³/mol. The maximum atomic E-state index is 13.1. The fourth-order valence-corrected chi connectivity index (χ4v) is 3.43. The first-order valence-electron chi connectivity index (χ1n) is 9.59. The van der Waals surface area contributed by atoms with Crippen molar-refractivity contribution in [1.82, 2.24) is 15.3 Å². The van der Waals surface area contributed by atoms with Crippen LogP contribution in [0.15, 0.2) is 67.0 Å². The number of anilines is 2. The first kappa shape index (κ1) is 18.4. The van der Waals surface area contributed by atoms with E-state index in [0.29, 0.717) is 0 Å². The summed E-state index contributed by atoms with van der Waals surface area (Å²) in [6, 6.07) is 16.9. The van der Waals surface area contributed by atoms with Crippen molar-refractivity contribution in [3.05, 3.63) is 84.1 Å². The van der Waals surface area contributed by atoms with Gasteiger partial charge in [-0.3, -0.25) is 4.98 Å². The summed E-state index contributed by atoms with van der Waals surface area (Å²) in [5.74, 6) is 0.816. The van der Waals surface area contributed by atoms with Crippen molar-refractivity contribution in [3.63, 3.8) is 0 Å². The van der Waals surface area contributed by atoms with Gasteiger partial charge in [-0.05, 0) is 54.1 Å². The smallest absolute Gasteiger partial charge is 0.128 e. The SMILES string of the molecule is Fc1ccc(N2CCN(c3cc(CNCc4ccccn4)ccn3)CC2)cc1. The van der Waals surface area contributed by atoms with Crippen molar-refractivity contribution in [2.24, 2.45) is 0 Å². The molecule has 1 saturated heterocycles. The molecule has 0 aliphatic carbocycles. The molecule has 28 heavy (non-hydrogen) atoms. The minimum atomic E-state index is -0.194. The molecule has 0 radical (unpaired) electrons. The zero-order valence-electron chi connectivity index (χ0n) is 15.8. The first-order chi connectivity index (χ1) is 13.8. The van der Waals surface area contributed by atoms with Crippen LogP contribution in [0.4, 0.5) is 15.9 Å². The summed E-state index contributed by atoms with van der Waals surface area (Å²) in [4.78, 5) is 13.5. The van der Waals surface area contributed by atoms with Gasteiger partial charge in [-0.25, -0.2) is 9.37 Å². The maximum absolute atomic E-state index is 13.1. The molecular formula is C22H24FN5. The van der Waals surface area contributed by atoms with E-state index in [2.05, 4.69) is 31.2 Å². The summed E-state index contributed by atoms with van der Waals surface area (Å²) in [6.07, 6.45) is 3.69. The predicted octanol–water partition coefficient (Wildman–Crippen LogP) is 3.23. The van der Waals surface area contributed by atoms with Gasteiger partial charge in [0, 0.05) is 57.3 Å². The molecule has 0 unspecified atom stereocenters. The number of hydrogen-bond donors (Lipinski definition) is 1. The van der Waals surface area contributed by atoms with E-state index in [1.54, 1.807) is 0 Å². The molecule has 0 bridgehead atoms. The molecule has 1 aliphatic heterocycles. The largest absolute Gasteiger partial charge is 0.368 e. The lowest BCUT2D eigenvalue weighted by Gasteiger charge is -2.36. The molecule has 144 valence electrons. The highest BCUT2D eigenvalue weighted by molar-refractivity contribution is 5.49. The molecule has 5 nitrogen and oxygen atoms in total. The molecule has 1 aliphatic rings. The van der Waals surface area contributed by atoms with E-state index < -0.39 is 0 Å². The Hall–Kier alpha value is -2.99. The van der Waals surface area contributed by atoms with Crippen molar-refractivity contribution in [2.45, 2.75) is 13.1 Å². The standard InChI is InChI=1S/C22H24FN5/c23-19-4-6-21(7-5-19)27-11-13-28(14-12-27)22-15-18(8-10-26-22)16-24-17-20-3-1-2-9-25-20/h1-10,15,24H,11-14,16-17H2. The van der Waals surface area contributed by atoms with Gasteiger partial charge >= 0.3 is 0 Å². The fraction of sp³-hybridized carbons (Fsp3) is 0.273. The third-order valence-electron chi connectivity index (χ3n) is 4.97. The zero-order valence-corrected chi connectivity index (χ0v) is 15.8. The number of aromatic nitrogens is 2. The van der Waals surface area contributed by atoms with Crippen molar-refractivity contribution < 1.29 is 4.39 Å². The number of piperazine rings is 1. The highest BCUT2D eigenvalue weighted by atomic mass is 19.1. The number of nitrogens with one attached hydrogen (secondary N) is 1. The third kappa shape index (κ3) is 4.64. The minimum Gasteiger partial charge on any atom is -0.368 e. The summed E-state index contributed by atoms with van der Waals surface area (Å²) in [5.41, 5.74) is 3.32. The number of pyridine rings is 2. The second kappa shape index (κ2) is 8.80. The van der Waals surface area contributed by atoms with Crippen LogP contribution in [0.2, 0.25) is 0 Å². The van der Waals surface area contributed by atoms with Crippen LogP contribution in [0.25, 0.3) is 0 Å². The van der Waals surface area contributed by atoms with Crippen molar-refractivity contribution in [2.75, 3.05) is 36.0 Å². The Bertz CT molecular complexity index is 877. The molecule has 0 amide bonds. The monoisotopic (exact) mass is 377 g/mol. The normalized spacial score (nSPS) is 14.3. The molecule has 1 N–H and O–H groups in total. The van der Waals surface area contributed by atoms with Crippen molar-refractivity contribution >= 4 is 11.5 Å². The van der Waals surface area contributed by atoms with E-state index in [1.807, 2.05) is 48.8 Å². The Morgan fingerprint density at radius 2 is 1.61 bits per heavy atom. The van der Waals surface area contributed by atoms with Gasteiger partial charge in [-0.15, -0.1) is 0 Å². The van der Waals surface area contributed by atoms with Crippen LogP contribution in [0.1, 0.15) is 11.3 Å². The number of benzene rings is 1. The van der Waals surface area contributed by atoms with Crippen LogP contribution in [-0.2, 0) is 13.1 Å². The average Bonchev–Trinajstić information content (AvgIpc) is 2.75. The van der Waals surface area contributed by atoms with E-state index in [1.165, 1.54) is 17.7 Å². The van der Waals surface area contributed by atoms with E-state index >= 15 is 0 Å². The van der Waals surface area contributed by atoms with Gasteiger partial charge < -0.3 is 15.1 Å². The number of hydrogen-bond acceptors (Lipinski definition) is 5. The van der Waals surface area contributed by atoms with Gasteiger partial charge in [-0.2, -0.15) is 0 Å². The van der Waals surface area contributed by atoms with E-state index in [4.69, 9.17) is 0 Å². The molecule has 0 spiro atoms. The molecule has 4 rings (SSSR count). The van der Waals surface area contributed by atoms with Crippen LogP contribution in [0, 0.1) is 5.82 Å². The maximum Gasteiger partial charge on any atom is 0.128 e. The molecule has 0 saturated carbocycles. The number of halogens is 1. The Labute approximate surface area is 164 Å². The number of rotatable bonds is 6. The van der Waals surface area contributed by atoms with Gasteiger partial charge in [0.05, 0.1) is 5.69 Å². The summed E-state index contributed by atoms with van der Waals surface area (Å²) in [6.45, 7) is 5.12. The molecule has 1 aromatic carbocycles. The highest BCUT2D eigenvalue weighted by Crippen LogP contribution is 2.20. The summed E-state index contributed by atoms with van der Waals surface area (Å²) < 4.78 is 13.1. The lowest BCUT2D eigenvalue weighted by Crippen LogP contribution is -2.46. The molecule has 0 atom stereocenters.